The number of aromatic nitrogens is 2. The van der Waals surface area contributed by atoms with Crippen LogP contribution in [-0.4, -0.2) is 15.3 Å². The summed E-state index contributed by atoms with van der Waals surface area (Å²) in [6.45, 7) is 4.02. The highest BCUT2D eigenvalue weighted by Crippen LogP contribution is 2.26. The van der Waals surface area contributed by atoms with Gasteiger partial charge in [-0.2, -0.15) is 5.10 Å². The van der Waals surface area contributed by atoms with E-state index in [0.717, 1.165) is 22.3 Å². The number of hydrogen-bond acceptors (Lipinski definition) is 2. The summed E-state index contributed by atoms with van der Waals surface area (Å²) in [5.41, 5.74) is 8.59. The summed E-state index contributed by atoms with van der Waals surface area (Å²) < 4.78 is 16.7. The summed E-state index contributed by atoms with van der Waals surface area (Å²) in [6.07, 6.45) is 1.98. The maximum atomic E-state index is 13.8. The van der Waals surface area contributed by atoms with Crippen molar-refractivity contribution in [2.24, 2.45) is 12.8 Å². The molecule has 1 aromatic heterocycles. The van der Waals surface area contributed by atoms with Crippen molar-refractivity contribution in [1.29, 1.82) is 0 Å². The molecule has 2 N–H and O–H groups in total. The van der Waals surface area contributed by atoms with Gasteiger partial charge in [-0.05, 0) is 47.3 Å². The lowest BCUT2D eigenvalue weighted by Crippen LogP contribution is -2.41. The van der Waals surface area contributed by atoms with Gasteiger partial charge in [0.05, 0.1) is 15.9 Å². The van der Waals surface area contributed by atoms with Crippen LogP contribution in [0.3, 0.4) is 0 Å². The molecule has 0 aliphatic heterocycles. The van der Waals surface area contributed by atoms with Crippen molar-refractivity contribution in [2.75, 3.05) is 0 Å². The van der Waals surface area contributed by atoms with Gasteiger partial charge in [0.1, 0.15) is 5.82 Å². The number of rotatable bonds is 5. The van der Waals surface area contributed by atoms with Crippen LogP contribution in [0.4, 0.5) is 4.39 Å². The monoisotopic (exact) mass is 353 g/mol. The largest absolute Gasteiger partial charge is 0.325 e. The van der Waals surface area contributed by atoms with Gasteiger partial charge in [-0.15, -0.1) is 0 Å². The first-order valence-corrected chi connectivity index (χ1v) is 7.86. The summed E-state index contributed by atoms with van der Waals surface area (Å²) in [5, 5.41) is 4.48. The number of aryl methyl sites for hydroxylation is 2. The molecule has 114 valence electrons. The standard InChI is InChI=1S/C16H21BrFN3/c1-4-13-15(17)14(21(3)20-13)10-16(2,19)9-11-7-5-6-8-12(11)18/h5-8H,4,9-10,19H2,1-3H3. The van der Waals surface area contributed by atoms with Gasteiger partial charge in [0.25, 0.3) is 0 Å². The second-order valence-corrected chi connectivity index (χ2v) is 6.58. The van der Waals surface area contributed by atoms with E-state index in [1.54, 1.807) is 12.1 Å². The Morgan fingerprint density at radius 2 is 2.00 bits per heavy atom. The first-order chi connectivity index (χ1) is 9.84. The Bertz CT molecular complexity index is 634. The van der Waals surface area contributed by atoms with E-state index in [0.29, 0.717) is 18.4 Å². The molecule has 3 nitrogen and oxygen atoms in total. The van der Waals surface area contributed by atoms with Gasteiger partial charge in [-0.1, -0.05) is 25.1 Å². The lowest BCUT2D eigenvalue weighted by molar-refractivity contribution is 0.437. The Morgan fingerprint density at radius 1 is 1.33 bits per heavy atom. The average Bonchev–Trinajstić information content (AvgIpc) is 2.68. The number of nitrogens with zero attached hydrogens (tertiary/aromatic N) is 2. The van der Waals surface area contributed by atoms with E-state index in [4.69, 9.17) is 5.73 Å². The molecule has 0 saturated heterocycles. The molecule has 2 rings (SSSR count). The van der Waals surface area contributed by atoms with E-state index >= 15 is 0 Å². The van der Waals surface area contributed by atoms with Crippen LogP contribution >= 0.6 is 15.9 Å². The van der Waals surface area contributed by atoms with Crippen LogP contribution in [0, 0.1) is 5.82 Å². The fourth-order valence-electron chi connectivity index (χ4n) is 2.53. The lowest BCUT2D eigenvalue weighted by atomic mass is 9.89. The molecule has 21 heavy (non-hydrogen) atoms. The van der Waals surface area contributed by atoms with Crippen molar-refractivity contribution in [2.45, 2.75) is 38.6 Å². The smallest absolute Gasteiger partial charge is 0.126 e. The SMILES string of the molecule is CCc1nn(C)c(CC(C)(N)Cc2ccccc2F)c1Br. The molecule has 0 amide bonds. The van der Waals surface area contributed by atoms with Crippen LogP contribution in [0.1, 0.15) is 30.8 Å². The normalized spacial score (nSPS) is 14.2. The number of nitrogens with two attached hydrogens (primary N) is 1. The summed E-state index contributed by atoms with van der Waals surface area (Å²) in [7, 11) is 1.92. The third kappa shape index (κ3) is 3.71. The molecule has 0 spiro atoms. The van der Waals surface area contributed by atoms with Crippen molar-refractivity contribution in [3.8, 4) is 0 Å². The molecule has 1 atom stereocenters. The third-order valence-electron chi connectivity index (χ3n) is 3.63. The summed E-state index contributed by atoms with van der Waals surface area (Å²) >= 11 is 3.60. The molecular formula is C16H21BrFN3. The molecule has 1 heterocycles. The Morgan fingerprint density at radius 3 is 2.57 bits per heavy atom. The zero-order valence-corrected chi connectivity index (χ0v) is 14.2. The highest BCUT2D eigenvalue weighted by molar-refractivity contribution is 9.10. The van der Waals surface area contributed by atoms with Crippen molar-refractivity contribution in [3.05, 3.63) is 51.5 Å². The minimum absolute atomic E-state index is 0.201. The second-order valence-electron chi connectivity index (χ2n) is 5.78. The van der Waals surface area contributed by atoms with Gasteiger partial charge in [0, 0.05) is 19.0 Å². The second kappa shape index (κ2) is 6.28. The molecule has 0 radical (unpaired) electrons. The van der Waals surface area contributed by atoms with E-state index in [9.17, 15) is 4.39 Å². The van der Waals surface area contributed by atoms with Crippen molar-refractivity contribution in [1.82, 2.24) is 9.78 Å². The van der Waals surface area contributed by atoms with E-state index in [1.165, 1.54) is 6.07 Å². The molecular weight excluding hydrogens is 333 g/mol. The number of hydrogen-bond donors (Lipinski definition) is 1. The van der Waals surface area contributed by atoms with Crippen LogP contribution in [0.2, 0.25) is 0 Å². The van der Waals surface area contributed by atoms with Crippen molar-refractivity contribution >= 4 is 15.9 Å². The molecule has 1 aromatic carbocycles. The molecule has 0 bridgehead atoms. The zero-order chi connectivity index (χ0) is 15.6. The van der Waals surface area contributed by atoms with Crippen molar-refractivity contribution in [3.63, 3.8) is 0 Å². The maximum Gasteiger partial charge on any atom is 0.126 e. The Kier molecular flexibility index (Phi) is 4.84. The average molecular weight is 354 g/mol. The topological polar surface area (TPSA) is 43.8 Å². The predicted molar refractivity (Wildman–Crippen MR) is 86.7 cm³/mol. The first-order valence-electron chi connectivity index (χ1n) is 7.06. The molecule has 0 fully saturated rings. The Labute approximate surface area is 133 Å². The van der Waals surface area contributed by atoms with E-state index in [2.05, 4.69) is 28.0 Å². The Hall–Kier alpha value is -1.20. The van der Waals surface area contributed by atoms with Crippen LogP contribution in [0.15, 0.2) is 28.7 Å². The first kappa shape index (κ1) is 16.2. The molecule has 5 heteroatoms. The van der Waals surface area contributed by atoms with E-state index < -0.39 is 5.54 Å². The summed E-state index contributed by atoms with van der Waals surface area (Å²) in [4.78, 5) is 0. The fraction of sp³-hybridized carbons (Fsp3) is 0.438. The molecule has 0 aliphatic rings. The zero-order valence-electron chi connectivity index (χ0n) is 12.7. The van der Waals surface area contributed by atoms with E-state index in [1.807, 2.05) is 24.7 Å². The minimum Gasteiger partial charge on any atom is -0.325 e. The van der Waals surface area contributed by atoms with Gasteiger partial charge < -0.3 is 5.73 Å². The van der Waals surface area contributed by atoms with Gasteiger partial charge in [-0.25, -0.2) is 4.39 Å². The number of benzene rings is 1. The lowest BCUT2D eigenvalue weighted by Gasteiger charge is -2.25. The summed E-state index contributed by atoms with van der Waals surface area (Å²) in [6, 6.07) is 6.79. The Balaban J connectivity index is 2.22. The van der Waals surface area contributed by atoms with Crippen LogP contribution < -0.4 is 5.73 Å². The highest BCUT2D eigenvalue weighted by atomic mass is 79.9. The maximum absolute atomic E-state index is 13.8. The quantitative estimate of drug-likeness (QED) is 0.895. The fourth-order valence-corrected chi connectivity index (χ4v) is 3.29. The highest BCUT2D eigenvalue weighted by Gasteiger charge is 2.25. The van der Waals surface area contributed by atoms with Crippen LogP contribution in [-0.2, 0) is 26.3 Å². The molecule has 0 saturated carbocycles. The molecule has 2 aromatic rings. The summed E-state index contributed by atoms with van der Waals surface area (Å²) in [5.74, 6) is -0.201. The molecule has 1 unspecified atom stereocenters. The number of halogens is 2. The molecule has 0 aliphatic carbocycles. The predicted octanol–water partition coefficient (Wildman–Crippen LogP) is 3.39. The third-order valence-corrected chi connectivity index (χ3v) is 4.54. The van der Waals surface area contributed by atoms with Crippen molar-refractivity contribution < 1.29 is 4.39 Å². The van der Waals surface area contributed by atoms with E-state index in [-0.39, 0.29) is 5.82 Å². The van der Waals surface area contributed by atoms with Crippen LogP contribution in [0.5, 0.6) is 0 Å². The van der Waals surface area contributed by atoms with Gasteiger partial charge in [-0.3, -0.25) is 4.68 Å². The van der Waals surface area contributed by atoms with Gasteiger partial charge in [0.2, 0.25) is 0 Å². The van der Waals surface area contributed by atoms with Gasteiger partial charge >= 0.3 is 0 Å². The van der Waals surface area contributed by atoms with Crippen LogP contribution in [0.25, 0.3) is 0 Å². The van der Waals surface area contributed by atoms with Gasteiger partial charge in [0.15, 0.2) is 0 Å². The minimum atomic E-state index is -0.538.